The summed E-state index contributed by atoms with van der Waals surface area (Å²) >= 11 is 0. The molecule has 0 aromatic heterocycles. The number of nitro benzene ring substituents is 1. The Hall–Kier alpha value is -3.03. The van der Waals surface area contributed by atoms with E-state index in [2.05, 4.69) is 4.74 Å². The van der Waals surface area contributed by atoms with Gasteiger partial charge in [0, 0.05) is 19.1 Å². The second-order valence-corrected chi connectivity index (χ2v) is 3.92. The van der Waals surface area contributed by atoms with Gasteiger partial charge in [-0.25, -0.2) is 4.79 Å². The molecule has 1 N–H and O–H groups in total. The van der Waals surface area contributed by atoms with Crippen molar-refractivity contribution in [2.45, 2.75) is 6.92 Å². The number of Topliss-reactive ketones (excluding diaryl/α,β-unsaturated/α-hetero) is 1. The maximum atomic E-state index is 11.7. The lowest BCUT2D eigenvalue weighted by Crippen LogP contribution is -2.19. The number of carboxylic acid groups (broad SMARTS) is 1. The predicted molar refractivity (Wildman–Crippen MR) is 70.3 cm³/mol. The zero-order chi connectivity index (χ0) is 16.0. The summed E-state index contributed by atoms with van der Waals surface area (Å²) in [5, 5.41) is 19.6. The van der Waals surface area contributed by atoms with Gasteiger partial charge in [0.25, 0.3) is 5.69 Å². The summed E-state index contributed by atoms with van der Waals surface area (Å²) in [6, 6.07) is 5.13. The van der Waals surface area contributed by atoms with Crippen LogP contribution >= 0.6 is 0 Å². The Morgan fingerprint density at radius 1 is 1.38 bits per heavy atom. The van der Waals surface area contributed by atoms with Crippen molar-refractivity contribution in [1.82, 2.24) is 0 Å². The molecular formula is C13H11NO7. The zero-order valence-corrected chi connectivity index (χ0v) is 10.9. The number of nitro groups is 1. The van der Waals surface area contributed by atoms with E-state index in [-0.39, 0.29) is 11.3 Å². The highest BCUT2D eigenvalue weighted by atomic mass is 16.6. The Morgan fingerprint density at radius 3 is 2.57 bits per heavy atom. The number of non-ortho nitro benzene ring substituents is 1. The van der Waals surface area contributed by atoms with Gasteiger partial charge in [-0.05, 0) is 11.6 Å². The number of hydrogen-bond acceptors (Lipinski definition) is 6. The third kappa shape index (κ3) is 4.86. The van der Waals surface area contributed by atoms with Crippen LogP contribution in [0.2, 0.25) is 0 Å². The first kappa shape index (κ1) is 16.0. The van der Waals surface area contributed by atoms with Crippen LogP contribution in [0.1, 0.15) is 12.5 Å². The quantitative estimate of drug-likeness (QED) is 0.208. The summed E-state index contributed by atoms with van der Waals surface area (Å²) in [6.45, 7) is 0.375. The van der Waals surface area contributed by atoms with Gasteiger partial charge in [-0.1, -0.05) is 12.1 Å². The first-order valence-corrected chi connectivity index (χ1v) is 5.67. The molecule has 0 aliphatic carbocycles. The van der Waals surface area contributed by atoms with Gasteiger partial charge in [0.15, 0.2) is 6.61 Å². The van der Waals surface area contributed by atoms with Gasteiger partial charge in [-0.3, -0.25) is 19.7 Å². The van der Waals surface area contributed by atoms with Crippen molar-refractivity contribution in [2.75, 3.05) is 6.61 Å². The molecule has 0 saturated carbocycles. The maximum Gasteiger partial charge on any atom is 0.339 e. The number of nitrogens with zero attached hydrogens (tertiary/aromatic N) is 1. The molecule has 0 amide bonds. The van der Waals surface area contributed by atoms with Crippen molar-refractivity contribution in [3.8, 4) is 0 Å². The van der Waals surface area contributed by atoms with E-state index < -0.39 is 34.8 Å². The first-order chi connectivity index (χ1) is 9.81. The molecule has 0 aliphatic rings. The molecule has 1 aromatic carbocycles. The average molecular weight is 293 g/mol. The van der Waals surface area contributed by atoms with Crippen LogP contribution in [0.25, 0.3) is 6.08 Å². The van der Waals surface area contributed by atoms with Crippen LogP contribution in [0.3, 0.4) is 0 Å². The largest absolute Gasteiger partial charge is 0.478 e. The number of ether oxygens (including phenoxy) is 1. The Balaban J connectivity index is 3.07. The van der Waals surface area contributed by atoms with Crippen LogP contribution in [-0.2, 0) is 19.1 Å². The highest BCUT2D eigenvalue weighted by molar-refractivity contribution is 6.20. The molecule has 1 rings (SSSR count). The molecule has 21 heavy (non-hydrogen) atoms. The number of ketones is 1. The molecule has 8 nitrogen and oxygen atoms in total. The first-order valence-electron chi connectivity index (χ1n) is 5.67. The number of esters is 1. The Morgan fingerprint density at radius 2 is 2.05 bits per heavy atom. The second-order valence-electron chi connectivity index (χ2n) is 3.92. The van der Waals surface area contributed by atoms with Gasteiger partial charge < -0.3 is 9.84 Å². The van der Waals surface area contributed by atoms with Crippen LogP contribution in [0.15, 0.2) is 29.8 Å². The van der Waals surface area contributed by atoms with E-state index in [1.807, 2.05) is 0 Å². The van der Waals surface area contributed by atoms with E-state index >= 15 is 0 Å². The molecule has 0 saturated heterocycles. The SMILES string of the molecule is CC(=O)OCC(=O)/C(=C/c1cccc([N+](=O)[O-])c1)C(=O)O. The smallest absolute Gasteiger partial charge is 0.339 e. The van der Waals surface area contributed by atoms with Crippen LogP contribution < -0.4 is 0 Å². The molecule has 0 bridgehead atoms. The van der Waals surface area contributed by atoms with Crippen LogP contribution in [-0.4, -0.2) is 34.4 Å². The summed E-state index contributed by atoms with van der Waals surface area (Å²) < 4.78 is 4.43. The minimum absolute atomic E-state index is 0.178. The average Bonchev–Trinajstić information content (AvgIpc) is 2.42. The second kappa shape index (κ2) is 6.94. The van der Waals surface area contributed by atoms with Crippen molar-refractivity contribution < 1.29 is 29.2 Å². The van der Waals surface area contributed by atoms with Crippen LogP contribution in [0, 0.1) is 10.1 Å². The number of rotatable bonds is 6. The molecule has 8 heteroatoms. The van der Waals surface area contributed by atoms with Gasteiger partial charge in [0.1, 0.15) is 5.57 Å². The topological polar surface area (TPSA) is 124 Å². The Bertz CT molecular complexity index is 633. The summed E-state index contributed by atoms with van der Waals surface area (Å²) in [5.41, 5.74) is -0.685. The van der Waals surface area contributed by atoms with Gasteiger partial charge in [0.05, 0.1) is 4.92 Å². The highest BCUT2D eigenvalue weighted by Gasteiger charge is 2.19. The number of carboxylic acids is 1. The standard InChI is InChI=1S/C13H11NO7/c1-8(15)21-7-12(16)11(13(17)18)6-9-3-2-4-10(5-9)14(19)20/h2-6H,7H2,1H3,(H,17,18)/b11-6-. The van der Waals surface area contributed by atoms with Crippen molar-refractivity contribution in [3.63, 3.8) is 0 Å². The normalized spacial score (nSPS) is 10.8. The van der Waals surface area contributed by atoms with Crippen LogP contribution in [0.5, 0.6) is 0 Å². The van der Waals surface area contributed by atoms with E-state index in [1.54, 1.807) is 0 Å². The molecule has 0 fully saturated rings. The third-order valence-corrected chi connectivity index (χ3v) is 2.33. The monoisotopic (exact) mass is 293 g/mol. The van der Waals surface area contributed by atoms with Crippen LogP contribution in [0.4, 0.5) is 5.69 Å². The van der Waals surface area contributed by atoms with Crippen molar-refractivity contribution >= 4 is 29.5 Å². The fraction of sp³-hybridized carbons (Fsp3) is 0.154. The van der Waals surface area contributed by atoms with E-state index in [0.29, 0.717) is 0 Å². The summed E-state index contributed by atoms with van der Waals surface area (Å²) in [5.74, 6) is -3.15. The van der Waals surface area contributed by atoms with Crippen molar-refractivity contribution in [1.29, 1.82) is 0 Å². The van der Waals surface area contributed by atoms with Gasteiger partial charge in [-0.2, -0.15) is 0 Å². The highest BCUT2D eigenvalue weighted by Crippen LogP contribution is 2.16. The number of aliphatic carboxylic acids is 1. The van der Waals surface area contributed by atoms with Gasteiger partial charge >= 0.3 is 11.9 Å². The molecule has 0 spiro atoms. The fourth-order valence-corrected chi connectivity index (χ4v) is 1.40. The van der Waals surface area contributed by atoms with E-state index in [9.17, 15) is 24.5 Å². The van der Waals surface area contributed by atoms with Gasteiger partial charge in [0.2, 0.25) is 5.78 Å². The minimum Gasteiger partial charge on any atom is -0.478 e. The van der Waals surface area contributed by atoms with E-state index in [4.69, 9.17) is 5.11 Å². The van der Waals surface area contributed by atoms with Crippen molar-refractivity contribution in [2.24, 2.45) is 0 Å². The Labute approximate surface area is 118 Å². The molecule has 0 atom stereocenters. The number of carbonyl (C=O) groups excluding carboxylic acids is 2. The lowest BCUT2D eigenvalue weighted by molar-refractivity contribution is -0.384. The molecule has 0 unspecified atom stereocenters. The number of carbonyl (C=O) groups is 3. The molecule has 0 radical (unpaired) electrons. The lowest BCUT2D eigenvalue weighted by atomic mass is 10.1. The van der Waals surface area contributed by atoms with E-state index in [0.717, 1.165) is 19.1 Å². The molecular weight excluding hydrogens is 282 g/mol. The van der Waals surface area contributed by atoms with Gasteiger partial charge in [-0.15, -0.1) is 0 Å². The third-order valence-electron chi connectivity index (χ3n) is 2.33. The summed E-state index contributed by atoms with van der Waals surface area (Å²) in [6.07, 6.45) is 0.987. The predicted octanol–water partition coefficient (Wildman–Crippen LogP) is 1.20. The maximum absolute atomic E-state index is 11.7. The number of benzene rings is 1. The number of hydrogen-bond donors (Lipinski definition) is 1. The lowest BCUT2D eigenvalue weighted by Gasteiger charge is -2.03. The fourth-order valence-electron chi connectivity index (χ4n) is 1.40. The molecule has 1 aromatic rings. The summed E-state index contributed by atoms with van der Waals surface area (Å²) in [4.78, 5) is 43.3. The van der Waals surface area contributed by atoms with Crippen molar-refractivity contribution in [3.05, 3.63) is 45.5 Å². The van der Waals surface area contributed by atoms with E-state index in [1.165, 1.54) is 18.2 Å². The zero-order valence-electron chi connectivity index (χ0n) is 10.9. The molecule has 0 heterocycles. The minimum atomic E-state index is -1.52. The molecule has 110 valence electrons. The summed E-state index contributed by atoms with van der Waals surface area (Å²) in [7, 11) is 0. The molecule has 0 aliphatic heterocycles. The Kier molecular flexibility index (Phi) is 5.30.